The lowest BCUT2D eigenvalue weighted by Crippen LogP contribution is -2.14. The molecule has 0 saturated heterocycles. The number of carboxylic acid groups (broad SMARTS) is 1. The maximum Gasteiger partial charge on any atom is 0.416 e. The van der Waals surface area contributed by atoms with Gasteiger partial charge in [-0.25, -0.2) is 9.48 Å². The number of nitrogens with two attached hydrogens (primary N) is 1. The minimum Gasteiger partial charge on any atom is -0.478 e. The average Bonchev–Trinajstić information content (AvgIpc) is 2.86. The Morgan fingerprint density at radius 1 is 1.24 bits per heavy atom. The molecule has 0 unspecified atom stereocenters. The smallest absolute Gasteiger partial charge is 0.416 e. The second-order valence-corrected chi connectivity index (χ2v) is 4.04. The van der Waals surface area contributed by atoms with Gasteiger partial charge in [0.1, 0.15) is 5.69 Å². The highest BCUT2D eigenvalue weighted by atomic mass is 19.4. The number of primary amides is 1. The SMILES string of the molecule is NC(=O)c1ccn(-c2ccc(C(F)(F)F)cc2C(=O)O)n1. The first kappa shape index (κ1) is 14.6. The Hall–Kier alpha value is -2.84. The average molecular weight is 299 g/mol. The molecule has 0 bridgehead atoms. The van der Waals surface area contributed by atoms with Crippen LogP contribution in [-0.2, 0) is 6.18 Å². The number of amides is 1. The van der Waals surface area contributed by atoms with E-state index in [-0.39, 0.29) is 11.4 Å². The van der Waals surface area contributed by atoms with Crippen LogP contribution in [0.2, 0.25) is 0 Å². The van der Waals surface area contributed by atoms with E-state index >= 15 is 0 Å². The van der Waals surface area contributed by atoms with Crippen LogP contribution in [0.3, 0.4) is 0 Å². The number of carbonyl (C=O) groups excluding carboxylic acids is 1. The van der Waals surface area contributed by atoms with Gasteiger partial charge in [0.15, 0.2) is 0 Å². The predicted molar refractivity (Wildman–Crippen MR) is 64.0 cm³/mol. The number of aromatic nitrogens is 2. The van der Waals surface area contributed by atoms with Crippen molar-refractivity contribution < 1.29 is 27.9 Å². The van der Waals surface area contributed by atoms with E-state index in [4.69, 9.17) is 10.8 Å². The molecule has 21 heavy (non-hydrogen) atoms. The number of hydrogen-bond acceptors (Lipinski definition) is 3. The molecule has 6 nitrogen and oxygen atoms in total. The molecule has 1 amide bonds. The summed E-state index contributed by atoms with van der Waals surface area (Å²) in [5, 5.41) is 12.7. The van der Waals surface area contributed by atoms with Gasteiger partial charge < -0.3 is 10.8 Å². The van der Waals surface area contributed by atoms with E-state index in [2.05, 4.69) is 5.10 Å². The second kappa shape index (κ2) is 4.93. The van der Waals surface area contributed by atoms with Crippen molar-refractivity contribution in [2.45, 2.75) is 6.18 Å². The number of hydrogen-bond donors (Lipinski definition) is 2. The first-order valence-electron chi connectivity index (χ1n) is 5.50. The first-order valence-corrected chi connectivity index (χ1v) is 5.50. The van der Waals surface area contributed by atoms with Crippen molar-refractivity contribution in [1.29, 1.82) is 0 Å². The Morgan fingerprint density at radius 3 is 2.38 bits per heavy atom. The van der Waals surface area contributed by atoms with Gasteiger partial charge in [0.05, 0.1) is 16.8 Å². The quantitative estimate of drug-likeness (QED) is 0.901. The lowest BCUT2D eigenvalue weighted by molar-refractivity contribution is -0.137. The molecule has 1 aromatic heterocycles. The summed E-state index contributed by atoms with van der Waals surface area (Å²) >= 11 is 0. The van der Waals surface area contributed by atoms with Gasteiger partial charge in [-0.05, 0) is 24.3 Å². The van der Waals surface area contributed by atoms with Gasteiger partial charge >= 0.3 is 12.1 Å². The minimum absolute atomic E-state index is 0.108. The van der Waals surface area contributed by atoms with Crippen molar-refractivity contribution in [2.24, 2.45) is 5.73 Å². The van der Waals surface area contributed by atoms with Crippen molar-refractivity contribution in [2.75, 3.05) is 0 Å². The lowest BCUT2D eigenvalue weighted by atomic mass is 10.1. The van der Waals surface area contributed by atoms with Crippen LogP contribution >= 0.6 is 0 Å². The molecule has 3 N–H and O–H groups in total. The molecule has 0 spiro atoms. The molecule has 0 atom stereocenters. The number of halogens is 3. The zero-order valence-electron chi connectivity index (χ0n) is 10.3. The Morgan fingerprint density at radius 2 is 1.90 bits per heavy atom. The summed E-state index contributed by atoms with van der Waals surface area (Å²) in [4.78, 5) is 22.0. The van der Waals surface area contributed by atoms with E-state index in [0.717, 1.165) is 16.8 Å². The number of aromatic carboxylic acids is 1. The van der Waals surface area contributed by atoms with Crippen molar-refractivity contribution >= 4 is 11.9 Å². The summed E-state index contributed by atoms with van der Waals surface area (Å²) in [6.45, 7) is 0. The predicted octanol–water partition coefficient (Wildman–Crippen LogP) is 1.69. The molecule has 0 aliphatic heterocycles. The van der Waals surface area contributed by atoms with Crippen molar-refractivity contribution in [3.8, 4) is 5.69 Å². The Kier molecular flexibility index (Phi) is 3.42. The van der Waals surface area contributed by atoms with E-state index < -0.39 is 29.2 Å². The molecular formula is C12H8F3N3O3. The number of alkyl halides is 3. The van der Waals surface area contributed by atoms with Gasteiger partial charge in [-0.3, -0.25) is 4.79 Å². The third-order valence-corrected chi connectivity index (χ3v) is 2.64. The summed E-state index contributed by atoms with van der Waals surface area (Å²) in [5.74, 6) is -2.38. The monoisotopic (exact) mass is 299 g/mol. The fraction of sp³-hybridized carbons (Fsp3) is 0.0833. The molecule has 0 radical (unpaired) electrons. The van der Waals surface area contributed by atoms with Crippen LogP contribution in [0.1, 0.15) is 26.4 Å². The molecule has 1 aromatic carbocycles. The third kappa shape index (κ3) is 2.86. The van der Waals surface area contributed by atoms with Gasteiger partial charge in [0.25, 0.3) is 5.91 Å². The highest BCUT2D eigenvalue weighted by Crippen LogP contribution is 2.31. The standard InChI is InChI=1S/C12H8F3N3O3/c13-12(14,15)6-1-2-9(7(5-6)11(20)21)18-4-3-8(17-18)10(16)19/h1-5H,(H2,16,19)(H,20,21). The van der Waals surface area contributed by atoms with Gasteiger partial charge in [-0.15, -0.1) is 0 Å². The van der Waals surface area contributed by atoms with Crippen LogP contribution in [0.5, 0.6) is 0 Å². The molecule has 0 aliphatic carbocycles. The Balaban J connectivity index is 2.57. The summed E-state index contributed by atoms with van der Waals surface area (Å²) in [6.07, 6.45) is -3.43. The second-order valence-electron chi connectivity index (χ2n) is 4.04. The van der Waals surface area contributed by atoms with Crippen molar-refractivity contribution in [3.63, 3.8) is 0 Å². The Bertz CT molecular complexity index is 722. The van der Waals surface area contributed by atoms with Gasteiger partial charge in [-0.2, -0.15) is 18.3 Å². The molecule has 0 aliphatic rings. The normalized spacial score (nSPS) is 11.4. The fourth-order valence-corrected chi connectivity index (χ4v) is 1.67. The van der Waals surface area contributed by atoms with Crippen LogP contribution in [-0.4, -0.2) is 26.8 Å². The highest BCUT2D eigenvalue weighted by Gasteiger charge is 2.32. The minimum atomic E-state index is -4.66. The zero-order chi connectivity index (χ0) is 15.8. The van der Waals surface area contributed by atoms with Crippen LogP contribution in [0, 0.1) is 0 Å². The van der Waals surface area contributed by atoms with Gasteiger partial charge in [-0.1, -0.05) is 0 Å². The van der Waals surface area contributed by atoms with Crippen LogP contribution in [0.4, 0.5) is 13.2 Å². The highest BCUT2D eigenvalue weighted by molar-refractivity contribution is 5.93. The number of carbonyl (C=O) groups is 2. The summed E-state index contributed by atoms with van der Waals surface area (Å²) in [5.41, 5.74) is 3.08. The summed E-state index contributed by atoms with van der Waals surface area (Å²) < 4.78 is 38.8. The van der Waals surface area contributed by atoms with Crippen LogP contribution in [0.25, 0.3) is 5.69 Å². The molecular weight excluding hydrogens is 291 g/mol. The van der Waals surface area contributed by atoms with Crippen molar-refractivity contribution in [3.05, 3.63) is 47.3 Å². The van der Waals surface area contributed by atoms with Gasteiger partial charge in [0, 0.05) is 6.20 Å². The van der Waals surface area contributed by atoms with Crippen LogP contribution < -0.4 is 5.73 Å². The molecule has 2 aromatic rings. The number of carboxylic acids is 1. The lowest BCUT2D eigenvalue weighted by Gasteiger charge is -2.11. The van der Waals surface area contributed by atoms with E-state index in [0.29, 0.717) is 6.07 Å². The third-order valence-electron chi connectivity index (χ3n) is 2.64. The molecule has 0 saturated carbocycles. The molecule has 110 valence electrons. The molecule has 9 heteroatoms. The fourth-order valence-electron chi connectivity index (χ4n) is 1.67. The summed E-state index contributed by atoms with van der Waals surface area (Å²) in [7, 11) is 0. The van der Waals surface area contributed by atoms with Crippen molar-refractivity contribution in [1.82, 2.24) is 9.78 Å². The van der Waals surface area contributed by atoms with Gasteiger partial charge in [0.2, 0.25) is 0 Å². The van der Waals surface area contributed by atoms with E-state index in [1.54, 1.807) is 0 Å². The number of rotatable bonds is 3. The topological polar surface area (TPSA) is 98.2 Å². The Labute approximate surface area is 115 Å². The first-order chi connectivity index (χ1) is 9.70. The summed E-state index contributed by atoms with van der Waals surface area (Å²) in [6, 6.07) is 3.42. The van der Waals surface area contributed by atoms with E-state index in [1.807, 2.05) is 0 Å². The van der Waals surface area contributed by atoms with E-state index in [9.17, 15) is 22.8 Å². The molecule has 2 rings (SSSR count). The number of benzene rings is 1. The van der Waals surface area contributed by atoms with Crippen LogP contribution in [0.15, 0.2) is 30.5 Å². The number of nitrogens with zero attached hydrogens (tertiary/aromatic N) is 2. The largest absolute Gasteiger partial charge is 0.478 e. The zero-order valence-corrected chi connectivity index (χ0v) is 10.3. The van der Waals surface area contributed by atoms with E-state index in [1.165, 1.54) is 12.3 Å². The molecule has 1 heterocycles. The molecule has 0 fully saturated rings. The maximum absolute atomic E-state index is 12.6. The maximum atomic E-state index is 12.6.